The third-order valence-electron chi connectivity index (χ3n) is 7.06. The molecular weight excluding hydrogens is 474 g/mol. The first-order valence-electron chi connectivity index (χ1n) is 12.6. The summed E-state index contributed by atoms with van der Waals surface area (Å²) in [6.45, 7) is 5.79. The number of benzene rings is 3. The summed E-state index contributed by atoms with van der Waals surface area (Å²) in [6, 6.07) is 21.1. The van der Waals surface area contributed by atoms with E-state index in [0.717, 1.165) is 46.7 Å². The second-order valence-electron chi connectivity index (χ2n) is 9.74. The number of aromatic nitrogens is 2. The van der Waals surface area contributed by atoms with Crippen LogP contribution in [0.3, 0.4) is 0 Å². The Morgan fingerprint density at radius 3 is 2.53 bits per heavy atom. The SMILES string of the molecule is C=CC(=O)Nc1cc2c(Nc3ccc(Oc4ccccc4)cc3)ncnc2cc1C#C[C@@H]1[C@H]2CN(C)C[C@@H]12. The molecule has 1 aliphatic carbocycles. The van der Waals surface area contributed by atoms with Crippen molar-refractivity contribution in [1.82, 2.24) is 14.9 Å². The Bertz CT molecular complexity index is 1560. The fourth-order valence-corrected chi connectivity index (χ4v) is 5.07. The van der Waals surface area contributed by atoms with E-state index in [1.165, 1.54) is 12.4 Å². The highest BCUT2D eigenvalue weighted by atomic mass is 16.5. The van der Waals surface area contributed by atoms with Crippen LogP contribution in [0.1, 0.15) is 5.56 Å². The monoisotopic (exact) mass is 501 g/mol. The van der Waals surface area contributed by atoms with E-state index in [4.69, 9.17) is 4.74 Å². The molecule has 1 aromatic heterocycles. The van der Waals surface area contributed by atoms with Crippen LogP contribution in [-0.2, 0) is 4.79 Å². The van der Waals surface area contributed by atoms with Crippen molar-refractivity contribution in [1.29, 1.82) is 0 Å². The van der Waals surface area contributed by atoms with Crippen molar-refractivity contribution >= 4 is 34.0 Å². The largest absolute Gasteiger partial charge is 0.457 e. The van der Waals surface area contributed by atoms with E-state index < -0.39 is 0 Å². The van der Waals surface area contributed by atoms with Crippen molar-refractivity contribution in [3.8, 4) is 23.3 Å². The Hall–Kier alpha value is -4.67. The van der Waals surface area contributed by atoms with Crippen LogP contribution in [0.5, 0.6) is 11.5 Å². The minimum atomic E-state index is -0.294. The zero-order valence-corrected chi connectivity index (χ0v) is 21.0. The molecule has 1 saturated carbocycles. The van der Waals surface area contributed by atoms with E-state index in [2.05, 4.69) is 51.0 Å². The number of piperidine rings is 1. The topological polar surface area (TPSA) is 79.4 Å². The Balaban J connectivity index is 1.27. The Kier molecular flexibility index (Phi) is 6.24. The molecule has 4 aromatic rings. The molecule has 0 unspecified atom stereocenters. The van der Waals surface area contributed by atoms with Crippen molar-refractivity contribution < 1.29 is 9.53 Å². The number of anilines is 3. The number of likely N-dealkylation sites (tertiary alicyclic amines) is 1. The fraction of sp³-hybridized carbons (Fsp3) is 0.194. The number of amides is 1. The Labute approximate surface area is 221 Å². The summed E-state index contributed by atoms with van der Waals surface area (Å²) in [5.41, 5.74) is 2.93. The summed E-state index contributed by atoms with van der Waals surface area (Å²) in [5.74, 6) is 10.3. The van der Waals surface area contributed by atoms with E-state index in [9.17, 15) is 4.79 Å². The molecule has 2 N–H and O–H groups in total. The standard InChI is InChI=1S/C31H27N5O2/c1-3-30(37)35-28-16-25-29(15-20(28)9-14-24-26-17-36(2)18-27(24)26)32-19-33-31(25)34-21-10-12-23(13-11-21)38-22-7-5-4-6-8-22/h3-8,10-13,15-16,19,24,26-27H,1,17-18H2,2H3,(H,35,37)(H,32,33,34)/t24-,26-,27+. The van der Waals surface area contributed by atoms with Gasteiger partial charge in [0.25, 0.3) is 0 Å². The molecule has 3 atom stereocenters. The average Bonchev–Trinajstić information content (AvgIpc) is 3.40. The normalized spacial score (nSPS) is 19.7. The Morgan fingerprint density at radius 2 is 1.79 bits per heavy atom. The van der Waals surface area contributed by atoms with Crippen LogP contribution in [0.4, 0.5) is 17.2 Å². The van der Waals surface area contributed by atoms with Gasteiger partial charge in [-0.05, 0) is 73.5 Å². The van der Waals surface area contributed by atoms with Crippen LogP contribution in [-0.4, -0.2) is 40.9 Å². The summed E-state index contributed by atoms with van der Waals surface area (Å²) >= 11 is 0. The van der Waals surface area contributed by atoms with Gasteiger partial charge in [-0.2, -0.15) is 0 Å². The lowest BCUT2D eigenvalue weighted by Gasteiger charge is -2.12. The van der Waals surface area contributed by atoms with E-state index in [-0.39, 0.29) is 5.91 Å². The number of rotatable bonds is 6. The smallest absolute Gasteiger partial charge is 0.247 e. The van der Waals surface area contributed by atoms with Crippen LogP contribution in [0, 0.1) is 29.6 Å². The predicted octanol–water partition coefficient (Wildman–Crippen LogP) is 5.45. The fourth-order valence-electron chi connectivity index (χ4n) is 5.07. The van der Waals surface area contributed by atoms with Gasteiger partial charge in [0.05, 0.1) is 16.8 Å². The number of hydrogen-bond acceptors (Lipinski definition) is 6. The number of nitrogens with zero attached hydrogens (tertiary/aromatic N) is 3. The Morgan fingerprint density at radius 1 is 1.05 bits per heavy atom. The van der Waals surface area contributed by atoms with Crippen LogP contribution in [0.2, 0.25) is 0 Å². The van der Waals surface area contributed by atoms with Gasteiger partial charge in [-0.25, -0.2) is 9.97 Å². The van der Waals surface area contributed by atoms with E-state index in [1.54, 1.807) is 0 Å². The first kappa shape index (κ1) is 23.7. The first-order chi connectivity index (χ1) is 18.6. The quantitative estimate of drug-likeness (QED) is 0.270. The summed E-state index contributed by atoms with van der Waals surface area (Å²) < 4.78 is 5.89. The molecule has 3 aromatic carbocycles. The third kappa shape index (κ3) is 4.95. The molecule has 0 radical (unpaired) electrons. The predicted molar refractivity (Wildman–Crippen MR) is 149 cm³/mol. The molecule has 0 bridgehead atoms. The van der Waals surface area contributed by atoms with Crippen molar-refractivity contribution in [2.75, 3.05) is 30.8 Å². The molecule has 1 aliphatic heterocycles. The lowest BCUT2D eigenvalue weighted by atomic mass is 10.1. The van der Waals surface area contributed by atoms with Gasteiger partial charge in [-0.3, -0.25) is 4.79 Å². The number of hydrogen-bond donors (Lipinski definition) is 2. The third-order valence-corrected chi connectivity index (χ3v) is 7.06. The van der Waals surface area contributed by atoms with Crippen molar-refractivity contribution in [3.05, 3.63) is 91.3 Å². The molecule has 2 heterocycles. The van der Waals surface area contributed by atoms with E-state index >= 15 is 0 Å². The second kappa shape index (κ2) is 10.0. The van der Waals surface area contributed by atoms with Gasteiger partial charge >= 0.3 is 0 Å². The number of para-hydroxylation sites is 1. The maximum absolute atomic E-state index is 12.2. The maximum Gasteiger partial charge on any atom is 0.247 e. The van der Waals surface area contributed by atoms with Crippen molar-refractivity contribution in [3.63, 3.8) is 0 Å². The lowest BCUT2D eigenvalue weighted by molar-refractivity contribution is -0.111. The van der Waals surface area contributed by atoms with Gasteiger partial charge in [-0.15, -0.1) is 0 Å². The average molecular weight is 502 g/mol. The van der Waals surface area contributed by atoms with Gasteiger partial charge in [0.2, 0.25) is 5.91 Å². The summed E-state index contributed by atoms with van der Waals surface area (Å²) in [4.78, 5) is 23.5. The van der Waals surface area contributed by atoms with Gasteiger partial charge in [-0.1, -0.05) is 36.6 Å². The van der Waals surface area contributed by atoms with Gasteiger partial charge in [0.15, 0.2) is 0 Å². The minimum absolute atomic E-state index is 0.294. The molecule has 7 nitrogen and oxygen atoms in total. The molecule has 2 fully saturated rings. The highest BCUT2D eigenvalue weighted by molar-refractivity contribution is 6.03. The molecule has 6 rings (SSSR count). The second-order valence-corrected chi connectivity index (χ2v) is 9.74. The molecule has 2 aliphatic rings. The van der Waals surface area contributed by atoms with E-state index in [1.807, 2.05) is 66.7 Å². The summed E-state index contributed by atoms with van der Waals surface area (Å²) in [5, 5.41) is 7.04. The highest BCUT2D eigenvalue weighted by Crippen LogP contribution is 2.50. The molecule has 1 saturated heterocycles. The zero-order chi connectivity index (χ0) is 26.1. The van der Waals surface area contributed by atoms with Crippen LogP contribution >= 0.6 is 0 Å². The van der Waals surface area contributed by atoms with Crippen molar-refractivity contribution in [2.24, 2.45) is 17.8 Å². The first-order valence-corrected chi connectivity index (χ1v) is 12.6. The molecule has 188 valence electrons. The minimum Gasteiger partial charge on any atom is -0.457 e. The number of nitrogens with one attached hydrogen (secondary N) is 2. The number of carbonyl (C=O) groups excluding carboxylic acids is 1. The molecule has 0 spiro atoms. The molecule has 1 amide bonds. The molecule has 38 heavy (non-hydrogen) atoms. The van der Waals surface area contributed by atoms with Crippen LogP contribution in [0.25, 0.3) is 10.9 Å². The number of fused-ring (bicyclic) bond motifs is 2. The summed E-state index contributed by atoms with van der Waals surface area (Å²) in [6.07, 6.45) is 2.78. The van der Waals surface area contributed by atoms with Gasteiger partial charge in [0.1, 0.15) is 23.6 Å². The van der Waals surface area contributed by atoms with Gasteiger partial charge < -0.3 is 20.3 Å². The maximum atomic E-state index is 12.2. The highest BCUT2D eigenvalue weighted by Gasteiger charge is 2.53. The number of carbonyl (C=O) groups is 1. The van der Waals surface area contributed by atoms with Gasteiger partial charge in [0, 0.05) is 30.1 Å². The number of ether oxygens (including phenoxy) is 1. The lowest BCUT2D eigenvalue weighted by Crippen LogP contribution is -2.18. The van der Waals surface area contributed by atoms with Crippen LogP contribution < -0.4 is 15.4 Å². The van der Waals surface area contributed by atoms with Crippen molar-refractivity contribution in [2.45, 2.75) is 0 Å². The van der Waals surface area contributed by atoms with Crippen LogP contribution in [0.15, 0.2) is 85.7 Å². The van der Waals surface area contributed by atoms with E-state index in [0.29, 0.717) is 29.3 Å². The molecular formula is C31H27N5O2. The zero-order valence-electron chi connectivity index (χ0n) is 21.0. The summed E-state index contributed by atoms with van der Waals surface area (Å²) in [7, 11) is 2.15. The molecule has 7 heteroatoms.